The topological polar surface area (TPSA) is 8.17 Å². The third kappa shape index (κ3) is 6.45. The lowest BCUT2D eigenvalue weighted by Gasteiger charge is -2.52. The van der Waals surface area contributed by atoms with Crippen LogP contribution in [0.25, 0.3) is 27.5 Å². The minimum atomic E-state index is -3.20. The SMILES string of the molecule is c1ccc([Si](c2ccccc2)(c2ccccc2)c2ccc3c4ccccc4n(-c4cccc([Si]5(c6ccccc6)c6ccccc6N6c7ccccc7[Si](c7ccccc7)(c7ccccc7)c7cccc5c76)c4)c3c2)cc1. The molecule has 0 amide bonds. The molecule has 0 radical (unpaired) electrons. The third-order valence-electron chi connectivity index (χ3n) is 17.1. The Kier molecular flexibility index (Phi) is 10.6. The molecule has 0 saturated carbocycles. The normalized spacial score (nSPS) is 15.1. The molecule has 2 aliphatic rings. The van der Waals surface area contributed by atoms with Gasteiger partial charge in [0.25, 0.3) is 0 Å². The van der Waals surface area contributed by atoms with E-state index in [0.717, 1.165) is 5.69 Å². The zero-order valence-corrected chi connectivity index (χ0v) is 45.4. The van der Waals surface area contributed by atoms with E-state index in [1.807, 2.05) is 0 Å². The first-order valence-electron chi connectivity index (χ1n) is 26.8. The van der Waals surface area contributed by atoms with Gasteiger partial charge in [0.15, 0.2) is 24.2 Å². The summed E-state index contributed by atoms with van der Waals surface area (Å²) in [7, 11) is -9.01. The Balaban J connectivity index is 1.04. The standard InChI is InChI=1S/C72H52N2Si3/c1-7-28-54(29-8-1)75(55-30-9-2-10-31-55,56-32-11-3-12-33-56)61-49-50-63-62-41-19-20-42-64(62)73(67(63)52-61)53-27-25-40-60(51-53)77(59-38-17-6-18-39-59)69-46-24-22-44-66(69)74-65-43-21-23-45-68(65)76(57-34-13-4-14-35-57,58-36-15-5-16-37-58)70-47-26-48-71(77)72(70)74/h1-52H. The summed E-state index contributed by atoms with van der Waals surface area (Å²) in [6.07, 6.45) is 0. The van der Waals surface area contributed by atoms with Gasteiger partial charge in [-0.1, -0.05) is 279 Å². The highest BCUT2D eigenvalue weighted by Crippen LogP contribution is 2.41. The number of anilines is 3. The van der Waals surface area contributed by atoms with Gasteiger partial charge in [-0.25, -0.2) is 0 Å². The first kappa shape index (κ1) is 45.3. The summed E-state index contributed by atoms with van der Waals surface area (Å²) in [4.78, 5) is 2.65. The van der Waals surface area contributed by atoms with Gasteiger partial charge >= 0.3 is 0 Å². The van der Waals surface area contributed by atoms with E-state index in [-0.39, 0.29) is 0 Å². The average molecular weight is 1030 g/mol. The van der Waals surface area contributed by atoms with Crippen LogP contribution in [0.15, 0.2) is 315 Å². The van der Waals surface area contributed by atoms with Crippen molar-refractivity contribution in [3.8, 4) is 5.69 Å². The number of hydrogen-bond donors (Lipinski definition) is 0. The van der Waals surface area contributed by atoms with E-state index < -0.39 is 24.2 Å². The molecule has 0 aliphatic carbocycles. The molecule has 0 saturated heterocycles. The van der Waals surface area contributed by atoms with Gasteiger partial charge in [0.2, 0.25) is 0 Å². The van der Waals surface area contributed by atoms with Gasteiger partial charge in [-0.3, -0.25) is 0 Å². The molecule has 15 rings (SSSR count). The second kappa shape index (κ2) is 18.0. The maximum atomic E-state index is 2.65. The second-order valence-corrected chi connectivity index (χ2v) is 31.9. The van der Waals surface area contributed by atoms with Crippen LogP contribution in [0.3, 0.4) is 0 Å². The summed E-state index contributed by atoms with van der Waals surface area (Å²) in [5.41, 5.74) is 7.44. The molecule has 362 valence electrons. The molecule has 12 aromatic carbocycles. The fourth-order valence-electron chi connectivity index (χ4n) is 14.1. The van der Waals surface area contributed by atoms with Gasteiger partial charge < -0.3 is 9.47 Å². The van der Waals surface area contributed by atoms with Crippen molar-refractivity contribution < 1.29 is 0 Å². The molecule has 0 bridgehead atoms. The van der Waals surface area contributed by atoms with Crippen LogP contribution in [0.5, 0.6) is 0 Å². The number of fused-ring (bicyclic) bond motifs is 7. The summed E-state index contributed by atoms with van der Waals surface area (Å²) in [5.74, 6) is 0. The first-order valence-corrected chi connectivity index (χ1v) is 32.8. The fraction of sp³-hybridized carbons (Fsp3) is 0. The Bertz CT molecular complexity index is 4200. The number of benzene rings is 12. The van der Waals surface area contributed by atoms with Crippen LogP contribution in [-0.4, -0.2) is 28.8 Å². The molecule has 5 heteroatoms. The monoisotopic (exact) mass is 1030 g/mol. The number of nitrogens with zero attached hydrogens (tertiary/aromatic N) is 2. The zero-order valence-electron chi connectivity index (χ0n) is 42.4. The Hall–Kier alpha value is -9.11. The van der Waals surface area contributed by atoms with E-state index in [1.54, 1.807) is 0 Å². The summed E-state index contributed by atoms with van der Waals surface area (Å²) in [6.45, 7) is 0. The molecule has 2 nitrogen and oxygen atoms in total. The number of hydrogen-bond acceptors (Lipinski definition) is 1. The molecular formula is C72H52N2Si3. The van der Waals surface area contributed by atoms with Crippen LogP contribution in [0.4, 0.5) is 17.1 Å². The van der Waals surface area contributed by atoms with E-state index in [0.29, 0.717) is 0 Å². The molecule has 2 aliphatic heterocycles. The molecule has 1 atom stereocenters. The highest BCUT2D eigenvalue weighted by molar-refractivity contribution is 7.25. The van der Waals surface area contributed by atoms with Crippen LogP contribution >= 0.6 is 0 Å². The minimum Gasteiger partial charge on any atom is -0.311 e. The predicted molar refractivity (Wildman–Crippen MR) is 333 cm³/mol. The van der Waals surface area contributed by atoms with Crippen LogP contribution in [0.2, 0.25) is 0 Å². The molecule has 0 fully saturated rings. The molecular weight excluding hydrogens is 977 g/mol. The first-order chi connectivity index (χ1) is 38.2. The maximum absolute atomic E-state index is 3.20. The van der Waals surface area contributed by atoms with Crippen molar-refractivity contribution in [1.29, 1.82) is 0 Å². The number of rotatable bonds is 9. The minimum absolute atomic E-state index is 1.16. The molecule has 3 heterocycles. The molecule has 77 heavy (non-hydrogen) atoms. The zero-order chi connectivity index (χ0) is 51.0. The van der Waals surface area contributed by atoms with Crippen LogP contribution < -0.4 is 67.1 Å². The lowest BCUT2D eigenvalue weighted by atomic mass is 10.1. The van der Waals surface area contributed by atoms with Crippen molar-refractivity contribution >= 4 is 125 Å². The van der Waals surface area contributed by atoms with Gasteiger partial charge in [0.05, 0.1) is 11.0 Å². The molecule has 1 aromatic heterocycles. The van der Waals surface area contributed by atoms with Gasteiger partial charge in [0.1, 0.15) is 0 Å². The van der Waals surface area contributed by atoms with E-state index in [1.165, 1.54) is 101 Å². The van der Waals surface area contributed by atoms with Gasteiger partial charge in [-0.15, -0.1) is 0 Å². The lowest BCUT2D eigenvalue weighted by Crippen LogP contribution is -2.82. The average Bonchev–Trinajstić information content (AvgIpc) is 4.01. The second-order valence-electron chi connectivity index (χ2n) is 20.7. The van der Waals surface area contributed by atoms with Crippen molar-refractivity contribution in [2.75, 3.05) is 4.90 Å². The van der Waals surface area contributed by atoms with Crippen LogP contribution in [0, 0.1) is 0 Å². The summed E-state index contributed by atoms with van der Waals surface area (Å²) >= 11 is 0. The van der Waals surface area contributed by atoms with Crippen LogP contribution in [0.1, 0.15) is 0 Å². The van der Waals surface area contributed by atoms with Crippen molar-refractivity contribution in [2.24, 2.45) is 0 Å². The lowest BCUT2D eigenvalue weighted by molar-refractivity contribution is 1.18. The smallest absolute Gasteiger partial charge is 0.184 e. The Labute approximate surface area is 453 Å². The van der Waals surface area contributed by atoms with E-state index >= 15 is 0 Å². The van der Waals surface area contributed by atoms with Gasteiger partial charge in [-0.2, -0.15) is 0 Å². The van der Waals surface area contributed by atoms with E-state index in [9.17, 15) is 0 Å². The molecule has 1 unspecified atom stereocenters. The number of para-hydroxylation sites is 4. The summed E-state index contributed by atoms with van der Waals surface area (Å²) in [5, 5.41) is 19.1. The fourth-order valence-corrected chi connectivity index (χ4v) is 29.2. The van der Waals surface area contributed by atoms with Gasteiger partial charge in [-0.05, 0) is 98.6 Å². The predicted octanol–water partition coefficient (Wildman–Crippen LogP) is 9.01. The Morgan fingerprint density at radius 3 is 1.17 bits per heavy atom. The van der Waals surface area contributed by atoms with Crippen molar-refractivity contribution in [3.63, 3.8) is 0 Å². The Morgan fingerprint density at radius 2 is 0.649 bits per heavy atom. The largest absolute Gasteiger partial charge is 0.311 e. The van der Waals surface area contributed by atoms with Crippen molar-refractivity contribution in [1.82, 2.24) is 4.57 Å². The molecule has 13 aromatic rings. The van der Waals surface area contributed by atoms with Gasteiger partial charge in [0, 0.05) is 33.5 Å². The maximum Gasteiger partial charge on any atom is 0.184 e. The van der Waals surface area contributed by atoms with Crippen molar-refractivity contribution in [2.45, 2.75) is 0 Å². The Morgan fingerprint density at radius 1 is 0.260 bits per heavy atom. The summed E-state index contributed by atoms with van der Waals surface area (Å²) < 4.78 is 2.57. The third-order valence-corrected chi connectivity index (χ3v) is 31.5. The quantitative estimate of drug-likeness (QED) is 0.104. The number of aromatic nitrogens is 1. The van der Waals surface area contributed by atoms with Crippen molar-refractivity contribution in [3.05, 3.63) is 315 Å². The molecule has 0 N–H and O–H groups in total. The molecule has 0 spiro atoms. The van der Waals surface area contributed by atoms with E-state index in [4.69, 9.17) is 0 Å². The van der Waals surface area contributed by atoms with Crippen LogP contribution in [-0.2, 0) is 0 Å². The highest BCUT2D eigenvalue weighted by atomic mass is 28.3. The summed E-state index contributed by atoms with van der Waals surface area (Å²) in [6, 6.07) is 121. The van der Waals surface area contributed by atoms with E-state index in [2.05, 4.69) is 325 Å². The highest BCUT2D eigenvalue weighted by Gasteiger charge is 2.56.